The predicted octanol–water partition coefficient (Wildman–Crippen LogP) is 3.87. The van der Waals surface area contributed by atoms with E-state index in [4.69, 9.17) is 11.6 Å². The summed E-state index contributed by atoms with van der Waals surface area (Å²) in [4.78, 5) is 2.40. The van der Waals surface area contributed by atoms with E-state index in [1.165, 1.54) is 31.2 Å². The molecule has 0 saturated heterocycles. The van der Waals surface area contributed by atoms with Gasteiger partial charge in [0.15, 0.2) is 0 Å². The molecule has 1 N–H and O–H groups in total. The summed E-state index contributed by atoms with van der Waals surface area (Å²) in [5, 5.41) is 4.50. The summed E-state index contributed by atoms with van der Waals surface area (Å²) in [6, 6.07) is 8.48. The van der Waals surface area contributed by atoms with Gasteiger partial charge in [0.1, 0.15) is 0 Å². The fourth-order valence-corrected chi connectivity index (χ4v) is 3.25. The minimum atomic E-state index is 0.340. The minimum absolute atomic E-state index is 0.340. The highest BCUT2D eigenvalue weighted by atomic mass is 35.5. The van der Waals surface area contributed by atoms with Crippen LogP contribution in [0.1, 0.15) is 44.2 Å². The standard InChI is InChI=1S/C16H25ClN2/c1-13(14-7-6-8-15(17)11-14)18-12-16(19(2)3)9-4-5-10-16/h6-8,11,13,18H,4-5,9-10,12H2,1-3H3. The SMILES string of the molecule is CC(NCC1(N(C)C)CCCC1)c1cccc(Cl)c1. The molecule has 0 aliphatic heterocycles. The first-order valence-electron chi connectivity index (χ1n) is 7.20. The van der Waals surface area contributed by atoms with Gasteiger partial charge < -0.3 is 10.2 Å². The number of hydrogen-bond donors (Lipinski definition) is 1. The molecule has 0 amide bonds. The van der Waals surface area contributed by atoms with Crippen LogP contribution in [0.25, 0.3) is 0 Å². The Kier molecular flexibility index (Phi) is 4.88. The fourth-order valence-electron chi connectivity index (χ4n) is 3.05. The highest BCUT2D eigenvalue weighted by Gasteiger charge is 2.35. The van der Waals surface area contributed by atoms with Crippen LogP contribution in [0.2, 0.25) is 5.02 Å². The third-order valence-electron chi connectivity index (χ3n) is 4.57. The van der Waals surface area contributed by atoms with Crippen molar-refractivity contribution in [2.45, 2.75) is 44.2 Å². The Hall–Kier alpha value is -0.570. The molecule has 0 bridgehead atoms. The van der Waals surface area contributed by atoms with Crippen molar-refractivity contribution in [1.29, 1.82) is 0 Å². The first-order valence-corrected chi connectivity index (χ1v) is 7.58. The van der Waals surface area contributed by atoms with E-state index in [0.717, 1.165) is 11.6 Å². The molecule has 1 aromatic rings. The number of hydrogen-bond acceptors (Lipinski definition) is 2. The van der Waals surface area contributed by atoms with E-state index < -0.39 is 0 Å². The molecule has 19 heavy (non-hydrogen) atoms. The predicted molar refractivity (Wildman–Crippen MR) is 82.8 cm³/mol. The Morgan fingerprint density at radius 1 is 1.32 bits per heavy atom. The van der Waals surface area contributed by atoms with Gasteiger partial charge in [-0.05, 0) is 51.6 Å². The lowest BCUT2D eigenvalue weighted by Crippen LogP contribution is -2.50. The number of rotatable bonds is 5. The lowest BCUT2D eigenvalue weighted by atomic mass is 9.95. The first kappa shape index (κ1) is 14.8. The van der Waals surface area contributed by atoms with Crippen LogP contribution in [-0.2, 0) is 0 Å². The number of nitrogens with one attached hydrogen (secondary N) is 1. The maximum Gasteiger partial charge on any atom is 0.0409 e. The summed E-state index contributed by atoms with van der Waals surface area (Å²) in [6.45, 7) is 3.26. The van der Waals surface area contributed by atoms with Crippen LogP contribution in [0, 0.1) is 0 Å². The molecule has 2 nitrogen and oxygen atoms in total. The molecular weight excluding hydrogens is 256 g/mol. The minimum Gasteiger partial charge on any atom is -0.308 e. The van der Waals surface area contributed by atoms with Crippen molar-refractivity contribution in [2.24, 2.45) is 0 Å². The van der Waals surface area contributed by atoms with Crippen molar-refractivity contribution in [3.63, 3.8) is 0 Å². The molecule has 1 fully saturated rings. The summed E-state index contributed by atoms with van der Waals surface area (Å²) >= 11 is 6.06. The number of nitrogens with zero attached hydrogens (tertiary/aromatic N) is 1. The molecule has 2 rings (SSSR count). The van der Waals surface area contributed by atoms with Crippen LogP contribution >= 0.6 is 11.6 Å². The van der Waals surface area contributed by atoms with Crippen LogP contribution in [-0.4, -0.2) is 31.1 Å². The average molecular weight is 281 g/mol. The van der Waals surface area contributed by atoms with Crippen LogP contribution in [0.3, 0.4) is 0 Å². The second-order valence-electron chi connectivity index (χ2n) is 5.98. The smallest absolute Gasteiger partial charge is 0.0409 e. The first-order chi connectivity index (χ1) is 9.03. The van der Waals surface area contributed by atoms with E-state index in [0.29, 0.717) is 11.6 Å². The Labute approximate surface area is 122 Å². The molecular formula is C16H25ClN2. The largest absolute Gasteiger partial charge is 0.308 e. The summed E-state index contributed by atoms with van der Waals surface area (Å²) in [6.07, 6.45) is 5.31. The topological polar surface area (TPSA) is 15.3 Å². The molecule has 1 atom stereocenters. The molecule has 3 heteroatoms. The number of benzene rings is 1. The Balaban J connectivity index is 1.97. The molecule has 0 aromatic heterocycles. The monoisotopic (exact) mass is 280 g/mol. The average Bonchev–Trinajstić information content (AvgIpc) is 2.86. The van der Waals surface area contributed by atoms with Gasteiger partial charge in [-0.1, -0.05) is 36.6 Å². The quantitative estimate of drug-likeness (QED) is 0.881. The molecule has 0 spiro atoms. The van der Waals surface area contributed by atoms with E-state index in [1.807, 2.05) is 12.1 Å². The molecule has 106 valence electrons. The number of likely N-dealkylation sites (N-methyl/N-ethyl adjacent to an activating group) is 1. The summed E-state index contributed by atoms with van der Waals surface area (Å²) < 4.78 is 0. The molecule has 1 unspecified atom stereocenters. The van der Waals surface area contributed by atoms with Crippen LogP contribution in [0.4, 0.5) is 0 Å². The van der Waals surface area contributed by atoms with Gasteiger partial charge in [0.25, 0.3) is 0 Å². The maximum absolute atomic E-state index is 6.06. The Morgan fingerprint density at radius 2 is 2.00 bits per heavy atom. The molecule has 1 aliphatic carbocycles. The summed E-state index contributed by atoms with van der Waals surface area (Å²) in [5.41, 5.74) is 1.60. The number of halogens is 1. The van der Waals surface area contributed by atoms with E-state index in [1.54, 1.807) is 0 Å². The third-order valence-corrected chi connectivity index (χ3v) is 4.80. The van der Waals surface area contributed by atoms with Gasteiger partial charge in [0.05, 0.1) is 0 Å². The summed E-state index contributed by atoms with van der Waals surface area (Å²) in [7, 11) is 4.41. The fraction of sp³-hybridized carbons (Fsp3) is 0.625. The van der Waals surface area contributed by atoms with Gasteiger partial charge in [-0.15, -0.1) is 0 Å². The van der Waals surface area contributed by atoms with Crippen LogP contribution < -0.4 is 5.32 Å². The third kappa shape index (κ3) is 3.50. The van der Waals surface area contributed by atoms with Gasteiger partial charge >= 0.3 is 0 Å². The van der Waals surface area contributed by atoms with E-state index in [-0.39, 0.29) is 0 Å². The van der Waals surface area contributed by atoms with Crippen molar-refractivity contribution in [1.82, 2.24) is 10.2 Å². The second-order valence-corrected chi connectivity index (χ2v) is 6.42. The molecule has 0 radical (unpaired) electrons. The second kappa shape index (κ2) is 6.25. The van der Waals surface area contributed by atoms with Crippen molar-refractivity contribution in [2.75, 3.05) is 20.6 Å². The zero-order valence-corrected chi connectivity index (χ0v) is 13.0. The van der Waals surface area contributed by atoms with Crippen molar-refractivity contribution >= 4 is 11.6 Å². The lowest BCUT2D eigenvalue weighted by Gasteiger charge is -2.37. The maximum atomic E-state index is 6.06. The molecule has 1 aromatic carbocycles. The highest BCUT2D eigenvalue weighted by molar-refractivity contribution is 6.30. The van der Waals surface area contributed by atoms with E-state index in [2.05, 4.69) is 43.4 Å². The lowest BCUT2D eigenvalue weighted by molar-refractivity contribution is 0.150. The Bertz CT molecular complexity index is 411. The normalized spacial score (nSPS) is 19.8. The Morgan fingerprint density at radius 3 is 2.58 bits per heavy atom. The van der Waals surface area contributed by atoms with Gasteiger partial charge in [-0.3, -0.25) is 0 Å². The molecule has 1 aliphatic rings. The van der Waals surface area contributed by atoms with Crippen LogP contribution in [0.5, 0.6) is 0 Å². The van der Waals surface area contributed by atoms with Gasteiger partial charge in [-0.2, -0.15) is 0 Å². The van der Waals surface area contributed by atoms with E-state index in [9.17, 15) is 0 Å². The van der Waals surface area contributed by atoms with Crippen LogP contribution in [0.15, 0.2) is 24.3 Å². The summed E-state index contributed by atoms with van der Waals surface area (Å²) in [5.74, 6) is 0. The van der Waals surface area contributed by atoms with Gasteiger partial charge in [0.2, 0.25) is 0 Å². The zero-order valence-electron chi connectivity index (χ0n) is 12.2. The highest BCUT2D eigenvalue weighted by Crippen LogP contribution is 2.33. The van der Waals surface area contributed by atoms with E-state index >= 15 is 0 Å². The van der Waals surface area contributed by atoms with Crippen molar-refractivity contribution in [3.05, 3.63) is 34.9 Å². The van der Waals surface area contributed by atoms with Crippen molar-refractivity contribution < 1.29 is 0 Å². The van der Waals surface area contributed by atoms with Gasteiger partial charge in [-0.25, -0.2) is 0 Å². The molecule has 0 heterocycles. The van der Waals surface area contributed by atoms with Gasteiger partial charge in [0, 0.05) is 23.1 Å². The van der Waals surface area contributed by atoms with Crippen molar-refractivity contribution in [3.8, 4) is 0 Å². The molecule has 1 saturated carbocycles. The zero-order chi connectivity index (χ0) is 13.9.